The van der Waals surface area contributed by atoms with Crippen molar-refractivity contribution in [1.82, 2.24) is 0 Å². The second-order valence-electron chi connectivity index (χ2n) is 3.61. The average molecular weight is 192 g/mol. The SMILES string of the molecule is CC(C(N)=O)c1cccc(N(C)C)c1. The largest absolute Gasteiger partial charge is 0.378 e. The molecule has 0 aromatic heterocycles. The summed E-state index contributed by atoms with van der Waals surface area (Å²) in [6.07, 6.45) is 0. The molecule has 2 N–H and O–H groups in total. The lowest BCUT2D eigenvalue weighted by molar-refractivity contribution is -0.119. The van der Waals surface area contributed by atoms with Crippen LogP contribution in [-0.2, 0) is 4.79 Å². The molecule has 0 aliphatic heterocycles. The highest BCUT2D eigenvalue weighted by molar-refractivity contribution is 5.81. The molecule has 1 aromatic rings. The summed E-state index contributed by atoms with van der Waals surface area (Å²) in [5.74, 6) is -0.518. The van der Waals surface area contributed by atoms with Crippen molar-refractivity contribution in [3.8, 4) is 0 Å². The second-order valence-corrected chi connectivity index (χ2v) is 3.61. The minimum Gasteiger partial charge on any atom is -0.378 e. The maximum Gasteiger partial charge on any atom is 0.224 e. The van der Waals surface area contributed by atoms with E-state index in [9.17, 15) is 4.79 Å². The quantitative estimate of drug-likeness (QED) is 0.785. The summed E-state index contributed by atoms with van der Waals surface area (Å²) in [6.45, 7) is 1.82. The molecule has 1 aromatic carbocycles. The van der Waals surface area contributed by atoms with E-state index in [0.717, 1.165) is 11.3 Å². The molecule has 3 heteroatoms. The molecule has 1 atom stereocenters. The van der Waals surface area contributed by atoms with Gasteiger partial charge in [0.2, 0.25) is 5.91 Å². The summed E-state index contributed by atoms with van der Waals surface area (Å²) in [6, 6.07) is 7.83. The molecule has 0 saturated carbocycles. The number of amides is 1. The predicted molar refractivity (Wildman–Crippen MR) is 58.4 cm³/mol. The van der Waals surface area contributed by atoms with Crippen LogP contribution in [0.25, 0.3) is 0 Å². The topological polar surface area (TPSA) is 46.3 Å². The van der Waals surface area contributed by atoms with E-state index in [4.69, 9.17) is 5.73 Å². The van der Waals surface area contributed by atoms with Crippen LogP contribution in [0.15, 0.2) is 24.3 Å². The van der Waals surface area contributed by atoms with Crippen LogP contribution < -0.4 is 10.6 Å². The zero-order chi connectivity index (χ0) is 10.7. The van der Waals surface area contributed by atoms with Gasteiger partial charge in [0.25, 0.3) is 0 Å². The highest BCUT2D eigenvalue weighted by atomic mass is 16.1. The van der Waals surface area contributed by atoms with Gasteiger partial charge in [-0.1, -0.05) is 12.1 Å². The Kier molecular flexibility index (Phi) is 3.12. The summed E-state index contributed by atoms with van der Waals surface area (Å²) in [5, 5.41) is 0. The maximum atomic E-state index is 11.0. The summed E-state index contributed by atoms with van der Waals surface area (Å²) in [5.41, 5.74) is 7.28. The van der Waals surface area contributed by atoms with Crippen molar-refractivity contribution in [2.24, 2.45) is 5.73 Å². The number of nitrogens with zero attached hydrogens (tertiary/aromatic N) is 1. The standard InChI is InChI=1S/C11H16N2O/c1-8(11(12)14)9-5-4-6-10(7-9)13(2)3/h4-8H,1-3H3,(H2,12,14). The number of benzene rings is 1. The van der Waals surface area contributed by atoms with Crippen LogP contribution in [0, 0.1) is 0 Å². The smallest absolute Gasteiger partial charge is 0.224 e. The van der Waals surface area contributed by atoms with Gasteiger partial charge < -0.3 is 10.6 Å². The molecular formula is C11H16N2O. The fraction of sp³-hybridized carbons (Fsp3) is 0.364. The summed E-state index contributed by atoms with van der Waals surface area (Å²) >= 11 is 0. The van der Waals surface area contributed by atoms with E-state index < -0.39 is 0 Å². The molecule has 0 heterocycles. The van der Waals surface area contributed by atoms with Gasteiger partial charge in [0, 0.05) is 19.8 Å². The molecule has 0 saturated heterocycles. The van der Waals surface area contributed by atoms with Gasteiger partial charge in [0.15, 0.2) is 0 Å². The number of nitrogens with two attached hydrogens (primary N) is 1. The van der Waals surface area contributed by atoms with Crippen LogP contribution in [-0.4, -0.2) is 20.0 Å². The molecule has 1 unspecified atom stereocenters. The minimum atomic E-state index is -0.291. The van der Waals surface area contributed by atoms with Crippen molar-refractivity contribution >= 4 is 11.6 Å². The molecular weight excluding hydrogens is 176 g/mol. The summed E-state index contributed by atoms with van der Waals surface area (Å²) < 4.78 is 0. The Labute approximate surface area is 84.5 Å². The van der Waals surface area contributed by atoms with Gasteiger partial charge in [-0.3, -0.25) is 4.79 Å². The zero-order valence-corrected chi connectivity index (χ0v) is 8.82. The monoisotopic (exact) mass is 192 g/mol. The van der Waals surface area contributed by atoms with E-state index in [2.05, 4.69) is 0 Å². The molecule has 0 fully saturated rings. The highest BCUT2D eigenvalue weighted by Gasteiger charge is 2.11. The number of anilines is 1. The van der Waals surface area contributed by atoms with Gasteiger partial charge in [0.1, 0.15) is 0 Å². The number of rotatable bonds is 3. The third-order valence-corrected chi connectivity index (χ3v) is 2.31. The van der Waals surface area contributed by atoms with Crippen molar-refractivity contribution in [3.05, 3.63) is 29.8 Å². The van der Waals surface area contributed by atoms with E-state index >= 15 is 0 Å². The fourth-order valence-corrected chi connectivity index (χ4v) is 1.24. The zero-order valence-electron chi connectivity index (χ0n) is 8.82. The lowest BCUT2D eigenvalue weighted by atomic mass is 10.00. The Bertz CT molecular complexity index is 334. The van der Waals surface area contributed by atoms with Gasteiger partial charge in [-0.25, -0.2) is 0 Å². The van der Waals surface area contributed by atoms with Crippen molar-refractivity contribution in [1.29, 1.82) is 0 Å². The lowest BCUT2D eigenvalue weighted by Crippen LogP contribution is -2.19. The molecule has 0 bridgehead atoms. The first-order valence-electron chi connectivity index (χ1n) is 4.59. The van der Waals surface area contributed by atoms with Crippen LogP contribution in [0.4, 0.5) is 5.69 Å². The van der Waals surface area contributed by atoms with Crippen LogP contribution in [0.5, 0.6) is 0 Å². The van der Waals surface area contributed by atoms with E-state index in [1.165, 1.54) is 0 Å². The van der Waals surface area contributed by atoms with Crippen LogP contribution in [0.2, 0.25) is 0 Å². The predicted octanol–water partition coefficient (Wildman–Crippen LogP) is 1.34. The van der Waals surface area contributed by atoms with Crippen molar-refractivity contribution in [2.75, 3.05) is 19.0 Å². The minimum absolute atomic E-state index is 0.227. The lowest BCUT2D eigenvalue weighted by Gasteiger charge is -2.15. The molecule has 14 heavy (non-hydrogen) atoms. The Balaban J connectivity index is 2.99. The number of hydrogen-bond acceptors (Lipinski definition) is 2. The van der Waals surface area contributed by atoms with E-state index in [1.54, 1.807) is 0 Å². The molecule has 0 aliphatic carbocycles. The Hall–Kier alpha value is -1.51. The molecule has 0 aliphatic rings. The first-order valence-corrected chi connectivity index (χ1v) is 4.59. The molecule has 1 amide bonds. The Morgan fingerprint density at radius 1 is 1.43 bits per heavy atom. The van der Waals surface area contributed by atoms with Crippen LogP contribution in [0.1, 0.15) is 18.4 Å². The van der Waals surface area contributed by atoms with E-state index in [1.807, 2.05) is 50.2 Å². The van der Waals surface area contributed by atoms with E-state index in [0.29, 0.717) is 0 Å². The van der Waals surface area contributed by atoms with Gasteiger partial charge in [0.05, 0.1) is 5.92 Å². The molecule has 3 nitrogen and oxygen atoms in total. The van der Waals surface area contributed by atoms with Crippen LogP contribution >= 0.6 is 0 Å². The Morgan fingerprint density at radius 2 is 2.07 bits per heavy atom. The molecule has 76 valence electrons. The van der Waals surface area contributed by atoms with Gasteiger partial charge >= 0.3 is 0 Å². The third-order valence-electron chi connectivity index (χ3n) is 2.31. The maximum absolute atomic E-state index is 11.0. The highest BCUT2D eigenvalue weighted by Crippen LogP contribution is 2.20. The molecule has 0 radical (unpaired) electrons. The second kappa shape index (κ2) is 4.13. The van der Waals surface area contributed by atoms with Crippen LogP contribution in [0.3, 0.4) is 0 Å². The third kappa shape index (κ3) is 2.25. The van der Waals surface area contributed by atoms with E-state index in [-0.39, 0.29) is 11.8 Å². The van der Waals surface area contributed by atoms with Crippen molar-refractivity contribution in [3.63, 3.8) is 0 Å². The molecule has 0 spiro atoms. The van der Waals surface area contributed by atoms with Crippen molar-refractivity contribution < 1.29 is 4.79 Å². The number of primary amides is 1. The summed E-state index contributed by atoms with van der Waals surface area (Å²) in [4.78, 5) is 13.0. The number of carbonyl (C=O) groups is 1. The number of hydrogen-bond donors (Lipinski definition) is 1. The van der Waals surface area contributed by atoms with Gasteiger partial charge in [-0.2, -0.15) is 0 Å². The van der Waals surface area contributed by atoms with Gasteiger partial charge in [-0.05, 0) is 24.6 Å². The van der Waals surface area contributed by atoms with Gasteiger partial charge in [-0.15, -0.1) is 0 Å². The normalized spacial score (nSPS) is 12.2. The average Bonchev–Trinajstić information content (AvgIpc) is 2.16. The summed E-state index contributed by atoms with van der Waals surface area (Å²) in [7, 11) is 3.93. The first-order chi connectivity index (χ1) is 6.52. The number of carbonyl (C=O) groups excluding carboxylic acids is 1. The molecule has 1 rings (SSSR count). The van der Waals surface area contributed by atoms with Crippen molar-refractivity contribution in [2.45, 2.75) is 12.8 Å². The first kappa shape index (κ1) is 10.6. The fourth-order valence-electron chi connectivity index (χ4n) is 1.24. The Morgan fingerprint density at radius 3 is 2.57 bits per heavy atom.